The van der Waals surface area contributed by atoms with Gasteiger partial charge in [-0.2, -0.15) is 11.3 Å². The maximum atomic E-state index is 12.3. The number of piperidine rings is 1. The second-order valence-corrected chi connectivity index (χ2v) is 6.58. The van der Waals surface area contributed by atoms with Crippen LogP contribution in [0.2, 0.25) is 0 Å². The SMILES string of the molecule is O=C(Cc1ccsc1)N1CCC(OCCOc2cccnc2)CC1. The van der Waals surface area contributed by atoms with Crippen LogP contribution in [0, 0.1) is 0 Å². The predicted molar refractivity (Wildman–Crippen MR) is 93.3 cm³/mol. The monoisotopic (exact) mass is 346 g/mol. The van der Waals surface area contributed by atoms with Crippen LogP contribution in [0.5, 0.6) is 5.75 Å². The molecule has 0 aliphatic carbocycles. The predicted octanol–water partition coefficient (Wildman–Crippen LogP) is 2.77. The Labute approximate surface area is 146 Å². The van der Waals surface area contributed by atoms with Crippen molar-refractivity contribution in [3.63, 3.8) is 0 Å². The van der Waals surface area contributed by atoms with Crippen LogP contribution in [0.15, 0.2) is 41.4 Å². The van der Waals surface area contributed by atoms with Gasteiger partial charge in [-0.05, 0) is 47.4 Å². The first-order chi connectivity index (χ1) is 11.8. The summed E-state index contributed by atoms with van der Waals surface area (Å²) in [4.78, 5) is 18.2. The maximum Gasteiger partial charge on any atom is 0.227 e. The van der Waals surface area contributed by atoms with Crippen LogP contribution >= 0.6 is 11.3 Å². The van der Waals surface area contributed by atoms with Gasteiger partial charge in [-0.25, -0.2) is 0 Å². The molecule has 2 aromatic heterocycles. The molecule has 1 amide bonds. The molecule has 1 saturated heterocycles. The van der Waals surface area contributed by atoms with Gasteiger partial charge in [0, 0.05) is 19.3 Å². The number of hydrogen-bond acceptors (Lipinski definition) is 5. The minimum Gasteiger partial charge on any atom is -0.490 e. The van der Waals surface area contributed by atoms with E-state index >= 15 is 0 Å². The van der Waals surface area contributed by atoms with Crippen molar-refractivity contribution in [3.05, 3.63) is 46.9 Å². The molecule has 3 rings (SSSR count). The maximum absolute atomic E-state index is 12.3. The number of amides is 1. The fourth-order valence-electron chi connectivity index (χ4n) is 2.76. The van der Waals surface area contributed by atoms with Gasteiger partial charge >= 0.3 is 0 Å². The van der Waals surface area contributed by atoms with Gasteiger partial charge in [-0.1, -0.05) is 0 Å². The van der Waals surface area contributed by atoms with E-state index in [0.717, 1.165) is 37.2 Å². The molecule has 0 unspecified atom stereocenters. The highest BCUT2D eigenvalue weighted by molar-refractivity contribution is 7.07. The van der Waals surface area contributed by atoms with E-state index in [-0.39, 0.29) is 12.0 Å². The van der Waals surface area contributed by atoms with Gasteiger partial charge in [-0.15, -0.1) is 0 Å². The zero-order valence-corrected chi connectivity index (χ0v) is 14.4. The smallest absolute Gasteiger partial charge is 0.227 e. The van der Waals surface area contributed by atoms with E-state index in [9.17, 15) is 4.79 Å². The lowest BCUT2D eigenvalue weighted by Gasteiger charge is -2.32. The number of thiophene rings is 1. The number of pyridine rings is 1. The Morgan fingerprint density at radius 2 is 2.17 bits per heavy atom. The molecule has 1 fully saturated rings. The van der Waals surface area contributed by atoms with Gasteiger partial charge in [-0.3, -0.25) is 9.78 Å². The number of carbonyl (C=O) groups is 1. The first-order valence-corrected chi connectivity index (χ1v) is 9.19. The molecule has 6 heteroatoms. The van der Waals surface area contributed by atoms with E-state index in [4.69, 9.17) is 9.47 Å². The highest BCUT2D eigenvalue weighted by atomic mass is 32.1. The lowest BCUT2D eigenvalue weighted by molar-refractivity contribution is -0.133. The average molecular weight is 346 g/mol. The van der Waals surface area contributed by atoms with Gasteiger partial charge < -0.3 is 14.4 Å². The molecule has 0 bridgehead atoms. The number of hydrogen-bond donors (Lipinski definition) is 0. The van der Waals surface area contributed by atoms with E-state index in [0.29, 0.717) is 19.6 Å². The highest BCUT2D eigenvalue weighted by Crippen LogP contribution is 2.16. The van der Waals surface area contributed by atoms with Crippen LogP contribution in [0.4, 0.5) is 0 Å². The molecule has 0 radical (unpaired) electrons. The van der Waals surface area contributed by atoms with Crippen molar-refractivity contribution in [3.8, 4) is 5.75 Å². The van der Waals surface area contributed by atoms with Gasteiger partial charge in [0.2, 0.25) is 5.91 Å². The second kappa shape index (κ2) is 8.80. The molecule has 0 atom stereocenters. The Kier molecular flexibility index (Phi) is 6.20. The number of ether oxygens (including phenoxy) is 2. The molecule has 5 nitrogen and oxygen atoms in total. The lowest BCUT2D eigenvalue weighted by Crippen LogP contribution is -2.41. The quantitative estimate of drug-likeness (QED) is 0.724. The van der Waals surface area contributed by atoms with Crippen LogP contribution in [-0.2, 0) is 16.0 Å². The molecular weight excluding hydrogens is 324 g/mol. The lowest BCUT2D eigenvalue weighted by atomic mass is 10.1. The summed E-state index contributed by atoms with van der Waals surface area (Å²) in [6, 6.07) is 5.74. The summed E-state index contributed by atoms with van der Waals surface area (Å²) in [7, 11) is 0. The van der Waals surface area contributed by atoms with Crippen molar-refractivity contribution in [2.75, 3.05) is 26.3 Å². The zero-order valence-electron chi connectivity index (χ0n) is 13.6. The van der Waals surface area contributed by atoms with E-state index in [1.165, 1.54) is 0 Å². The Morgan fingerprint density at radius 3 is 2.88 bits per heavy atom. The third-order valence-electron chi connectivity index (χ3n) is 4.07. The topological polar surface area (TPSA) is 51.7 Å². The number of rotatable bonds is 7. The first-order valence-electron chi connectivity index (χ1n) is 8.24. The molecule has 0 aromatic carbocycles. The molecule has 3 heterocycles. The van der Waals surface area contributed by atoms with E-state index in [1.807, 2.05) is 33.9 Å². The molecule has 2 aromatic rings. The fraction of sp³-hybridized carbons (Fsp3) is 0.444. The number of likely N-dealkylation sites (tertiary alicyclic amines) is 1. The molecule has 0 N–H and O–H groups in total. The van der Waals surface area contributed by atoms with Crippen molar-refractivity contribution in [1.82, 2.24) is 9.88 Å². The summed E-state index contributed by atoms with van der Waals surface area (Å²) in [6.07, 6.45) is 5.92. The van der Waals surface area contributed by atoms with E-state index in [2.05, 4.69) is 4.98 Å². The Hall–Kier alpha value is -1.92. The molecule has 0 saturated carbocycles. The summed E-state index contributed by atoms with van der Waals surface area (Å²) in [5.74, 6) is 0.974. The van der Waals surface area contributed by atoms with Crippen LogP contribution < -0.4 is 4.74 Å². The largest absolute Gasteiger partial charge is 0.490 e. The first kappa shape index (κ1) is 16.9. The average Bonchev–Trinajstić information content (AvgIpc) is 3.13. The van der Waals surface area contributed by atoms with Crippen LogP contribution in [0.25, 0.3) is 0 Å². The van der Waals surface area contributed by atoms with Gasteiger partial charge in [0.15, 0.2) is 0 Å². The normalized spacial score (nSPS) is 15.4. The second-order valence-electron chi connectivity index (χ2n) is 5.80. The van der Waals surface area contributed by atoms with Crippen LogP contribution in [0.1, 0.15) is 18.4 Å². The molecule has 128 valence electrons. The van der Waals surface area contributed by atoms with Crippen molar-refractivity contribution < 1.29 is 14.3 Å². The third-order valence-corrected chi connectivity index (χ3v) is 4.80. The van der Waals surface area contributed by atoms with E-state index in [1.54, 1.807) is 23.7 Å². The summed E-state index contributed by atoms with van der Waals surface area (Å²) in [5.41, 5.74) is 1.11. The zero-order chi connectivity index (χ0) is 16.6. The fourth-order valence-corrected chi connectivity index (χ4v) is 3.43. The van der Waals surface area contributed by atoms with Crippen LogP contribution in [0.3, 0.4) is 0 Å². The Morgan fingerprint density at radius 1 is 1.29 bits per heavy atom. The van der Waals surface area contributed by atoms with Gasteiger partial charge in [0.25, 0.3) is 0 Å². The molecule has 1 aliphatic heterocycles. The summed E-state index contributed by atoms with van der Waals surface area (Å²) in [5, 5.41) is 4.05. The van der Waals surface area contributed by atoms with Crippen LogP contribution in [-0.4, -0.2) is 48.2 Å². The highest BCUT2D eigenvalue weighted by Gasteiger charge is 2.23. The van der Waals surface area contributed by atoms with Gasteiger partial charge in [0.1, 0.15) is 12.4 Å². The third kappa shape index (κ3) is 5.04. The Bertz CT molecular complexity index is 610. The van der Waals surface area contributed by atoms with Crippen molar-refractivity contribution in [2.24, 2.45) is 0 Å². The summed E-state index contributed by atoms with van der Waals surface area (Å²) < 4.78 is 11.4. The minimum atomic E-state index is 0.215. The van der Waals surface area contributed by atoms with Crippen molar-refractivity contribution in [2.45, 2.75) is 25.4 Å². The standard InChI is InChI=1S/C18H22N2O3S/c21-18(12-15-5-11-24-14-15)20-7-3-16(4-8-20)22-9-10-23-17-2-1-6-19-13-17/h1-2,5-6,11,13-14,16H,3-4,7-10,12H2. The number of nitrogens with zero attached hydrogens (tertiary/aromatic N) is 2. The van der Waals surface area contributed by atoms with Gasteiger partial charge in [0.05, 0.1) is 25.3 Å². The molecule has 24 heavy (non-hydrogen) atoms. The van der Waals surface area contributed by atoms with E-state index < -0.39 is 0 Å². The Balaban J connectivity index is 1.31. The minimum absolute atomic E-state index is 0.215. The summed E-state index contributed by atoms with van der Waals surface area (Å²) >= 11 is 1.63. The molecular formula is C18H22N2O3S. The van der Waals surface area contributed by atoms with Crippen molar-refractivity contribution in [1.29, 1.82) is 0 Å². The molecule has 0 spiro atoms. The van der Waals surface area contributed by atoms with Crippen molar-refractivity contribution >= 4 is 17.2 Å². The molecule has 1 aliphatic rings. The number of aromatic nitrogens is 1. The summed E-state index contributed by atoms with van der Waals surface area (Å²) in [6.45, 7) is 2.62. The number of carbonyl (C=O) groups excluding carboxylic acids is 1.